The standard InChI is InChI=1S/C6H5F9O2/c1-2(16,4(7,8)9)3(17,5(10,11)12)6(13,14)15/h16-17H,1H3. The Morgan fingerprint density at radius 2 is 0.824 bits per heavy atom. The van der Waals surface area contributed by atoms with Gasteiger partial charge in [0.15, 0.2) is 0 Å². The lowest BCUT2D eigenvalue weighted by Crippen LogP contribution is -2.74. The van der Waals surface area contributed by atoms with Crippen LogP contribution >= 0.6 is 0 Å². The van der Waals surface area contributed by atoms with E-state index in [1.54, 1.807) is 0 Å². The van der Waals surface area contributed by atoms with Crippen molar-refractivity contribution in [3.05, 3.63) is 0 Å². The van der Waals surface area contributed by atoms with Crippen molar-refractivity contribution in [1.29, 1.82) is 0 Å². The van der Waals surface area contributed by atoms with Gasteiger partial charge in [-0.2, -0.15) is 39.5 Å². The fourth-order valence-corrected chi connectivity index (χ4v) is 0.918. The third kappa shape index (κ3) is 2.17. The van der Waals surface area contributed by atoms with Gasteiger partial charge < -0.3 is 10.2 Å². The second-order valence-corrected chi connectivity index (χ2v) is 3.28. The number of alkyl halides is 9. The van der Waals surface area contributed by atoms with Crippen molar-refractivity contribution in [3.63, 3.8) is 0 Å². The second-order valence-electron chi connectivity index (χ2n) is 3.28. The summed E-state index contributed by atoms with van der Waals surface area (Å²) in [5.74, 6) is 0. The summed E-state index contributed by atoms with van der Waals surface area (Å²) < 4.78 is 108. The zero-order chi connectivity index (χ0) is 14.5. The van der Waals surface area contributed by atoms with Gasteiger partial charge in [-0.15, -0.1) is 0 Å². The van der Waals surface area contributed by atoms with Crippen molar-refractivity contribution >= 4 is 0 Å². The summed E-state index contributed by atoms with van der Waals surface area (Å²) in [6.07, 6.45) is -19.9. The molecular formula is C6H5F9O2. The molecule has 0 saturated carbocycles. The van der Waals surface area contributed by atoms with Gasteiger partial charge in [0.2, 0.25) is 5.60 Å². The first kappa shape index (κ1) is 16.3. The van der Waals surface area contributed by atoms with E-state index in [9.17, 15) is 39.5 Å². The summed E-state index contributed by atoms with van der Waals surface area (Å²) in [6, 6.07) is 0. The quantitative estimate of drug-likeness (QED) is 0.723. The van der Waals surface area contributed by atoms with Gasteiger partial charge in [0.05, 0.1) is 0 Å². The van der Waals surface area contributed by atoms with E-state index in [1.807, 2.05) is 0 Å². The maximum Gasteiger partial charge on any atom is 0.429 e. The monoisotopic (exact) mass is 280 g/mol. The Bertz CT molecular complexity index is 269. The summed E-state index contributed by atoms with van der Waals surface area (Å²) >= 11 is 0. The molecule has 0 radical (unpaired) electrons. The molecule has 0 bridgehead atoms. The molecule has 11 heteroatoms. The molecule has 0 amide bonds. The zero-order valence-electron chi connectivity index (χ0n) is 7.80. The molecule has 0 aromatic carbocycles. The number of hydrogen-bond acceptors (Lipinski definition) is 2. The highest BCUT2D eigenvalue weighted by Crippen LogP contribution is 2.54. The van der Waals surface area contributed by atoms with E-state index < -0.39 is 36.7 Å². The zero-order valence-corrected chi connectivity index (χ0v) is 7.80. The molecule has 17 heavy (non-hydrogen) atoms. The van der Waals surface area contributed by atoms with Crippen molar-refractivity contribution in [1.82, 2.24) is 0 Å². The fraction of sp³-hybridized carbons (Fsp3) is 1.00. The van der Waals surface area contributed by atoms with Gasteiger partial charge >= 0.3 is 18.5 Å². The lowest BCUT2D eigenvalue weighted by Gasteiger charge is -2.43. The van der Waals surface area contributed by atoms with Crippen LogP contribution in [0.4, 0.5) is 39.5 Å². The van der Waals surface area contributed by atoms with Gasteiger partial charge in [-0.25, -0.2) is 0 Å². The van der Waals surface area contributed by atoms with E-state index in [2.05, 4.69) is 0 Å². The van der Waals surface area contributed by atoms with Crippen LogP contribution in [-0.2, 0) is 0 Å². The Morgan fingerprint density at radius 1 is 0.588 bits per heavy atom. The first-order chi connectivity index (χ1) is 7.00. The lowest BCUT2D eigenvalue weighted by atomic mass is 9.82. The molecule has 1 unspecified atom stereocenters. The molecule has 1 atom stereocenters. The van der Waals surface area contributed by atoms with Crippen LogP contribution in [0.3, 0.4) is 0 Å². The topological polar surface area (TPSA) is 40.5 Å². The summed E-state index contributed by atoms with van der Waals surface area (Å²) in [5, 5.41) is 16.8. The highest BCUT2D eigenvalue weighted by molar-refractivity contribution is 5.10. The smallest absolute Gasteiger partial charge is 0.378 e. The lowest BCUT2D eigenvalue weighted by molar-refractivity contribution is -0.447. The van der Waals surface area contributed by atoms with E-state index in [1.165, 1.54) is 0 Å². The molecule has 0 aromatic heterocycles. The van der Waals surface area contributed by atoms with Gasteiger partial charge in [0, 0.05) is 0 Å². The van der Waals surface area contributed by atoms with Crippen LogP contribution in [0.5, 0.6) is 0 Å². The third-order valence-corrected chi connectivity index (χ3v) is 2.08. The number of aliphatic hydroxyl groups is 2. The Labute approximate surface area is 87.6 Å². The van der Waals surface area contributed by atoms with E-state index in [-0.39, 0.29) is 0 Å². The molecule has 2 N–H and O–H groups in total. The van der Waals surface area contributed by atoms with E-state index >= 15 is 0 Å². The molecule has 0 aliphatic carbocycles. The average Bonchev–Trinajstić information content (AvgIpc) is 1.95. The van der Waals surface area contributed by atoms with Gasteiger partial charge in [-0.1, -0.05) is 0 Å². The fourth-order valence-electron chi connectivity index (χ4n) is 0.918. The van der Waals surface area contributed by atoms with Crippen LogP contribution < -0.4 is 0 Å². The molecule has 0 heterocycles. The third-order valence-electron chi connectivity index (χ3n) is 2.08. The number of rotatable bonds is 1. The SMILES string of the molecule is CC(O)(C(F)(F)F)C(O)(C(F)(F)F)C(F)(F)F. The highest BCUT2D eigenvalue weighted by atomic mass is 19.4. The van der Waals surface area contributed by atoms with Crippen LogP contribution in [0.15, 0.2) is 0 Å². The van der Waals surface area contributed by atoms with Gasteiger partial charge in [0.25, 0.3) is 5.60 Å². The van der Waals surface area contributed by atoms with Crippen molar-refractivity contribution in [2.75, 3.05) is 0 Å². The Hall–Kier alpha value is -0.710. The molecule has 0 aromatic rings. The van der Waals surface area contributed by atoms with Crippen LogP contribution in [0.2, 0.25) is 0 Å². The Kier molecular flexibility index (Phi) is 3.49. The normalized spacial score (nSPS) is 19.1. The minimum Gasteiger partial charge on any atom is -0.378 e. The molecule has 0 saturated heterocycles. The summed E-state index contributed by atoms with van der Waals surface area (Å²) in [5.41, 5.74) is -11.7. The van der Waals surface area contributed by atoms with Crippen molar-refractivity contribution in [3.8, 4) is 0 Å². The molecule has 0 fully saturated rings. The molecule has 0 spiro atoms. The molecule has 104 valence electrons. The molecule has 0 aliphatic rings. The first-order valence-electron chi connectivity index (χ1n) is 3.65. The molecule has 0 rings (SSSR count). The average molecular weight is 280 g/mol. The summed E-state index contributed by atoms with van der Waals surface area (Å²) in [4.78, 5) is 0. The molecule has 2 nitrogen and oxygen atoms in total. The van der Waals surface area contributed by atoms with Gasteiger partial charge in [-0.05, 0) is 6.92 Å². The van der Waals surface area contributed by atoms with Crippen LogP contribution in [-0.4, -0.2) is 39.9 Å². The molecule has 0 aliphatic heterocycles. The summed E-state index contributed by atoms with van der Waals surface area (Å²) in [7, 11) is 0. The van der Waals surface area contributed by atoms with Crippen molar-refractivity contribution < 1.29 is 49.7 Å². The number of halogens is 9. The van der Waals surface area contributed by atoms with E-state index in [4.69, 9.17) is 10.2 Å². The summed E-state index contributed by atoms with van der Waals surface area (Å²) in [6.45, 7) is -0.812. The largest absolute Gasteiger partial charge is 0.429 e. The minimum absolute atomic E-state index is 0.812. The van der Waals surface area contributed by atoms with E-state index in [0.29, 0.717) is 0 Å². The van der Waals surface area contributed by atoms with Crippen molar-refractivity contribution in [2.24, 2.45) is 0 Å². The first-order valence-corrected chi connectivity index (χ1v) is 3.65. The van der Waals surface area contributed by atoms with Crippen LogP contribution in [0.25, 0.3) is 0 Å². The van der Waals surface area contributed by atoms with Crippen molar-refractivity contribution in [2.45, 2.75) is 36.7 Å². The van der Waals surface area contributed by atoms with Crippen LogP contribution in [0, 0.1) is 0 Å². The Balaban J connectivity index is 6.04. The van der Waals surface area contributed by atoms with Crippen LogP contribution in [0.1, 0.15) is 6.92 Å². The second kappa shape index (κ2) is 3.64. The maximum absolute atomic E-state index is 12.0. The predicted octanol–water partition coefficient (Wildman–Crippen LogP) is 2.16. The predicted molar refractivity (Wildman–Crippen MR) is 33.7 cm³/mol. The maximum atomic E-state index is 12.0. The highest BCUT2D eigenvalue weighted by Gasteiger charge is 2.84. The molecular weight excluding hydrogens is 275 g/mol. The van der Waals surface area contributed by atoms with Gasteiger partial charge in [0.1, 0.15) is 0 Å². The van der Waals surface area contributed by atoms with E-state index in [0.717, 1.165) is 0 Å². The Morgan fingerprint density at radius 3 is 0.882 bits per heavy atom. The van der Waals surface area contributed by atoms with Gasteiger partial charge in [-0.3, -0.25) is 0 Å². The number of hydrogen-bond donors (Lipinski definition) is 2. The minimum atomic E-state index is -6.76.